The maximum absolute atomic E-state index is 11.6. The number of urea groups is 1. The average Bonchev–Trinajstić information content (AvgIpc) is 2.10. The summed E-state index contributed by atoms with van der Waals surface area (Å²) in [5.41, 5.74) is 2.54. The summed E-state index contributed by atoms with van der Waals surface area (Å²) in [5, 5.41) is 12.1. The van der Waals surface area contributed by atoms with Crippen LogP contribution in [0.4, 0.5) is 4.79 Å². The number of carbonyl (C=O) groups excluding carboxylic acids is 2. The van der Waals surface area contributed by atoms with Crippen LogP contribution in [0.5, 0.6) is 0 Å². The summed E-state index contributed by atoms with van der Waals surface area (Å²) in [4.78, 5) is 22.8. The van der Waals surface area contributed by atoms with Crippen LogP contribution in [0.1, 0.15) is 27.2 Å². The summed E-state index contributed by atoms with van der Waals surface area (Å²) in [6, 6.07) is 1.31. The van der Waals surface area contributed by atoms with E-state index in [0.717, 1.165) is 5.01 Å². The largest absolute Gasteiger partial charge is 0.341 e. The Balaban J connectivity index is 2.79. The molecule has 86 valence electrons. The minimum Gasteiger partial charge on any atom is -0.328 e. The Morgan fingerprint density at radius 1 is 1.69 bits per heavy atom. The lowest BCUT2D eigenvalue weighted by Gasteiger charge is -2.35. The topological polar surface area (TPSA) is 85.2 Å². The van der Waals surface area contributed by atoms with Crippen LogP contribution in [0.3, 0.4) is 0 Å². The zero-order valence-corrected chi connectivity index (χ0v) is 9.50. The minimum atomic E-state index is -0.509. The summed E-state index contributed by atoms with van der Waals surface area (Å²) >= 11 is 0. The van der Waals surface area contributed by atoms with Crippen LogP contribution in [0.25, 0.3) is 0 Å². The lowest BCUT2D eigenvalue weighted by Crippen LogP contribution is -2.58. The average molecular weight is 222 g/mol. The lowest BCUT2D eigenvalue weighted by atomic mass is 10.0. The summed E-state index contributed by atoms with van der Waals surface area (Å²) in [6.45, 7) is 5.42. The van der Waals surface area contributed by atoms with Crippen LogP contribution in [0.15, 0.2) is 11.8 Å². The van der Waals surface area contributed by atoms with Crippen molar-refractivity contribution in [2.45, 2.75) is 32.7 Å². The molecule has 2 N–H and O–H groups in total. The highest BCUT2D eigenvalue weighted by molar-refractivity contribution is 5.84. The van der Waals surface area contributed by atoms with Crippen LogP contribution in [-0.4, -0.2) is 22.5 Å². The first-order valence-corrected chi connectivity index (χ1v) is 4.84. The van der Waals surface area contributed by atoms with Gasteiger partial charge in [0, 0.05) is 5.70 Å². The number of nitrogens with one attached hydrogen (secondary N) is 2. The van der Waals surface area contributed by atoms with Crippen LogP contribution in [-0.2, 0) is 4.79 Å². The molecule has 6 heteroatoms. The third-order valence-electron chi connectivity index (χ3n) is 2.03. The van der Waals surface area contributed by atoms with E-state index in [1.54, 1.807) is 13.0 Å². The first-order valence-electron chi connectivity index (χ1n) is 4.84. The molecule has 0 aromatic rings. The molecule has 0 fully saturated rings. The summed E-state index contributed by atoms with van der Waals surface area (Å²) < 4.78 is 0. The number of amides is 3. The Hall–Kier alpha value is -2.03. The van der Waals surface area contributed by atoms with Gasteiger partial charge in [-0.25, -0.2) is 9.80 Å². The molecule has 6 nitrogen and oxygen atoms in total. The van der Waals surface area contributed by atoms with E-state index < -0.39 is 17.5 Å². The number of nitriles is 1. The molecule has 0 aromatic carbocycles. The van der Waals surface area contributed by atoms with Gasteiger partial charge in [0.05, 0.1) is 11.6 Å². The Morgan fingerprint density at radius 3 is 2.81 bits per heavy atom. The SMILES string of the molecule is CC1=CC(C)(C)NC(=O)N1NC(=O)CC#N. The molecule has 0 spiro atoms. The molecule has 1 heterocycles. The minimum absolute atomic E-state index is 0.277. The standard InChI is InChI=1S/C10H14N4O2/c1-7-6-10(2,3)12-9(16)14(7)13-8(15)4-5-11/h6H,4H2,1-3H3,(H,12,16)(H,13,15). The summed E-state index contributed by atoms with van der Waals surface area (Å²) in [7, 11) is 0. The van der Waals surface area contributed by atoms with Crippen molar-refractivity contribution in [1.29, 1.82) is 5.26 Å². The molecule has 0 unspecified atom stereocenters. The Bertz CT molecular complexity index is 392. The second-order valence-corrected chi connectivity index (χ2v) is 4.14. The molecule has 0 aliphatic carbocycles. The highest BCUT2D eigenvalue weighted by atomic mass is 16.2. The summed E-state index contributed by atoms with van der Waals surface area (Å²) in [6.07, 6.45) is 1.54. The van der Waals surface area contributed by atoms with Gasteiger partial charge in [-0.3, -0.25) is 10.2 Å². The van der Waals surface area contributed by atoms with Gasteiger partial charge in [-0.15, -0.1) is 0 Å². The van der Waals surface area contributed by atoms with Crippen LogP contribution in [0, 0.1) is 11.3 Å². The van der Waals surface area contributed by atoms with Crippen molar-refractivity contribution in [3.63, 3.8) is 0 Å². The molecule has 0 saturated carbocycles. The quantitative estimate of drug-likeness (QED) is 0.718. The lowest BCUT2D eigenvalue weighted by molar-refractivity contribution is -0.123. The van der Waals surface area contributed by atoms with Gasteiger partial charge >= 0.3 is 6.03 Å². The second kappa shape index (κ2) is 4.23. The van der Waals surface area contributed by atoms with Crippen molar-refractivity contribution < 1.29 is 9.59 Å². The van der Waals surface area contributed by atoms with Crippen molar-refractivity contribution in [3.8, 4) is 6.07 Å². The molecular weight excluding hydrogens is 208 g/mol. The predicted molar refractivity (Wildman–Crippen MR) is 56.6 cm³/mol. The van der Waals surface area contributed by atoms with E-state index in [9.17, 15) is 9.59 Å². The molecule has 1 aliphatic heterocycles. The first-order chi connectivity index (χ1) is 7.35. The third-order valence-corrected chi connectivity index (χ3v) is 2.03. The molecule has 0 radical (unpaired) electrons. The predicted octanol–water partition coefficient (Wildman–Crippen LogP) is 0.639. The van der Waals surface area contributed by atoms with E-state index in [1.807, 2.05) is 19.9 Å². The fourth-order valence-corrected chi connectivity index (χ4v) is 1.49. The highest BCUT2D eigenvalue weighted by Gasteiger charge is 2.30. The van der Waals surface area contributed by atoms with Crippen molar-refractivity contribution in [2.75, 3.05) is 0 Å². The van der Waals surface area contributed by atoms with Crippen molar-refractivity contribution in [3.05, 3.63) is 11.8 Å². The van der Waals surface area contributed by atoms with Gasteiger partial charge < -0.3 is 5.32 Å². The van der Waals surface area contributed by atoms with Gasteiger partial charge in [0.25, 0.3) is 5.91 Å². The monoisotopic (exact) mass is 222 g/mol. The molecule has 0 aromatic heterocycles. The molecule has 0 atom stereocenters. The first kappa shape index (κ1) is 12.0. The smallest absolute Gasteiger partial charge is 0.328 e. The number of carbonyl (C=O) groups is 2. The van der Waals surface area contributed by atoms with E-state index in [-0.39, 0.29) is 6.42 Å². The summed E-state index contributed by atoms with van der Waals surface area (Å²) in [5.74, 6) is -0.509. The number of allylic oxidation sites excluding steroid dienone is 1. The molecule has 16 heavy (non-hydrogen) atoms. The normalized spacial score (nSPS) is 18.2. The second-order valence-electron chi connectivity index (χ2n) is 4.14. The third kappa shape index (κ3) is 2.73. The highest BCUT2D eigenvalue weighted by Crippen LogP contribution is 2.16. The van der Waals surface area contributed by atoms with Gasteiger partial charge in [0.2, 0.25) is 0 Å². The van der Waals surface area contributed by atoms with Crippen molar-refractivity contribution in [2.24, 2.45) is 0 Å². The van der Waals surface area contributed by atoms with Crippen molar-refractivity contribution >= 4 is 11.9 Å². The molecule has 3 amide bonds. The van der Waals surface area contributed by atoms with Crippen LogP contribution < -0.4 is 10.7 Å². The molecular formula is C10H14N4O2. The fourth-order valence-electron chi connectivity index (χ4n) is 1.49. The maximum Gasteiger partial charge on any atom is 0.341 e. The van der Waals surface area contributed by atoms with E-state index in [4.69, 9.17) is 5.26 Å². The van der Waals surface area contributed by atoms with Crippen LogP contribution in [0.2, 0.25) is 0 Å². The zero-order chi connectivity index (χ0) is 12.3. The van der Waals surface area contributed by atoms with Gasteiger partial charge in [0.1, 0.15) is 6.42 Å². The number of hydrogen-bond donors (Lipinski definition) is 2. The molecule has 0 bridgehead atoms. The van der Waals surface area contributed by atoms with E-state index >= 15 is 0 Å². The maximum atomic E-state index is 11.6. The van der Waals surface area contributed by atoms with E-state index in [2.05, 4.69) is 10.7 Å². The van der Waals surface area contributed by atoms with Crippen LogP contribution >= 0.6 is 0 Å². The number of hydrogen-bond acceptors (Lipinski definition) is 3. The number of rotatable bonds is 2. The Labute approximate surface area is 93.9 Å². The Kier molecular flexibility index (Phi) is 3.18. The molecule has 0 saturated heterocycles. The zero-order valence-electron chi connectivity index (χ0n) is 9.50. The fraction of sp³-hybridized carbons (Fsp3) is 0.500. The Morgan fingerprint density at radius 2 is 2.31 bits per heavy atom. The van der Waals surface area contributed by atoms with E-state index in [0.29, 0.717) is 5.70 Å². The number of hydrazine groups is 1. The van der Waals surface area contributed by atoms with Crippen molar-refractivity contribution in [1.82, 2.24) is 15.8 Å². The molecule has 1 rings (SSSR count). The van der Waals surface area contributed by atoms with Gasteiger partial charge in [0.15, 0.2) is 0 Å². The van der Waals surface area contributed by atoms with Gasteiger partial charge in [-0.2, -0.15) is 5.26 Å². The molecule has 1 aliphatic rings. The van der Waals surface area contributed by atoms with Gasteiger partial charge in [-0.1, -0.05) is 0 Å². The van der Waals surface area contributed by atoms with Gasteiger partial charge in [-0.05, 0) is 26.8 Å². The number of nitrogens with zero attached hydrogens (tertiary/aromatic N) is 2. The van der Waals surface area contributed by atoms with E-state index in [1.165, 1.54) is 0 Å².